The molecule has 1 amide bonds. The van der Waals surface area contributed by atoms with Gasteiger partial charge in [0, 0.05) is 65.3 Å². The topological polar surface area (TPSA) is 62.0 Å². The number of amides is 1. The van der Waals surface area contributed by atoms with Crippen molar-refractivity contribution in [2.45, 2.75) is 0 Å². The number of rotatable bonds is 0. The number of Topliss-reactive ketones (excluding diaryl/α,β-unsaturated/α-hetero) is 1. The third kappa shape index (κ3) is 1.84. The third-order valence-electron chi connectivity index (χ3n) is 1.43. The van der Waals surface area contributed by atoms with Gasteiger partial charge >= 0.3 is 0 Å². The molecule has 0 atom stereocenters. The van der Waals surface area contributed by atoms with Gasteiger partial charge in [-0.2, -0.15) is 0 Å². The molecule has 52 valence electrons. The summed E-state index contributed by atoms with van der Waals surface area (Å²) in [5, 5.41) is 2.41. The average molecular weight is 182 g/mol. The van der Waals surface area contributed by atoms with Crippen LogP contribution in [0.1, 0.15) is 10.5 Å². The summed E-state index contributed by atoms with van der Waals surface area (Å²) < 4.78 is 0. The Morgan fingerprint density at radius 1 is 1.17 bits per heavy atom. The van der Waals surface area contributed by atoms with Gasteiger partial charge in [-0.15, -0.1) is 0 Å². The minimum Gasteiger partial charge on any atom is -0.357 e. The van der Waals surface area contributed by atoms with Gasteiger partial charge in [0.2, 0.25) is 0 Å². The zero-order valence-corrected chi connectivity index (χ0v) is 11.0. The smallest absolute Gasteiger partial charge is 0.298 e. The standard InChI is InChI=1S/C6H4N2O2.2Na/c9-5-4-3(1-2-7-4)8-6(5)10;;/h1-2,7H,(H,8,9,10);;. The Hall–Kier alpha value is 0.420. The van der Waals surface area contributed by atoms with E-state index in [0.29, 0.717) is 11.4 Å². The van der Waals surface area contributed by atoms with Gasteiger partial charge in [0.05, 0.1) is 5.69 Å². The normalized spacial score (nSPS) is 12.7. The number of hydrogen-bond donors (Lipinski definition) is 2. The molecule has 0 fully saturated rings. The summed E-state index contributed by atoms with van der Waals surface area (Å²) in [6.45, 7) is 0. The predicted molar refractivity (Wildman–Crippen MR) is 45.3 cm³/mol. The Kier molecular flexibility index (Phi) is 4.76. The Morgan fingerprint density at radius 2 is 1.83 bits per heavy atom. The van der Waals surface area contributed by atoms with Gasteiger partial charge in [-0.1, -0.05) is 0 Å². The van der Waals surface area contributed by atoms with Crippen LogP contribution in [-0.4, -0.2) is 75.8 Å². The molecule has 1 aliphatic rings. The molecule has 0 saturated carbocycles. The van der Waals surface area contributed by atoms with E-state index in [1.54, 1.807) is 12.3 Å². The van der Waals surface area contributed by atoms with Crippen LogP contribution in [0, 0.1) is 0 Å². The number of anilines is 1. The van der Waals surface area contributed by atoms with E-state index in [9.17, 15) is 9.59 Å². The van der Waals surface area contributed by atoms with Gasteiger partial charge < -0.3 is 10.3 Å². The van der Waals surface area contributed by atoms with Crippen LogP contribution in [0.4, 0.5) is 5.69 Å². The van der Waals surface area contributed by atoms with Crippen LogP contribution in [0.2, 0.25) is 0 Å². The Labute approximate surface area is 113 Å². The molecular weight excluding hydrogens is 178 g/mol. The van der Waals surface area contributed by atoms with E-state index in [4.69, 9.17) is 0 Å². The second kappa shape index (κ2) is 4.60. The van der Waals surface area contributed by atoms with Crippen molar-refractivity contribution in [3.63, 3.8) is 0 Å². The summed E-state index contributed by atoms with van der Waals surface area (Å²) in [5.74, 6) is -1.04. The van der Waals surface area contributed by atoms with Gasteiger partial charge in [-0.05, 0) is 6.07 Å². The fourth-order valence-corrected chi connectivity index (χ4v) is 0.954. The number of aromatic nitrogens is 1. The fraction of sp³-hybridized carbons (Fsp3) is 0. The van der Waals surface area contributed by atoms with E-state index in [2.05, 4.69) is 10.3 Å². The van der Waals surface area contributed by atoms with Gasteiger partial charge in [0.1, 0.15) is 5.69 Å². The van der Waals surface area contributed by atoms with Crippen molar-refractivity contribution >= 4 is 76.5 Å². The van der Waals surface area contributed by atoms with Crippen LogP contribution >= 0.6 is 0 Å². The van der Waals surface area contributed by atoms with Crippen LogP contribution < -0.4 is 5.32 Å². The Balaban J connectivity index is 0.000000605. The molecule has 0 unspecified atom stereocenters. The van der Waals surface area contributed by atoms with Crippen molar-refractivity contribution in [1.82, 2.24) is 4.98 Å². The number of nitrogens with one attached hydrogen (secondary N) is 2. The zero-order valence-electron chi connectivity index (χ0n) is 6.97. The number of hydrogen-bond acceptors (Lipinski definition) is 2. The summed E-state index contributed by atoms with van der Waals surface area (Å²) in [5.41, 5.74) is 0.944. The molecular formula is C6H4N2Na2O2. The van der Waals surface area contributed by atoms with E-state index < -0.39 is 11.7 Å². The summed E-state index contributed by atoms with van der Waals surface area (Å²) in [6, 6.07) is 1.65. The van der Waals surface area contributed by atoms with E-state index in [-0.39, 0.29) is 59.1 Å². The molecule has 6 heteroatoms. The zero-order chi connectivity index (χ0) is 7.14. The van der Waals surface area contributed by atoms with Crippen molar-refractivity contribution in [2.75, 3.05) is 5.32 Å². The van der Waals surface area contributed by atoms with Crippen molar-refractivity contribution in [3.8, 4) is 0 Å². The number of carbonyl (C=O) groups is 2. The molecule has 4 nitrogen and oxygen atoms in total. The number of ketones is 1. The van der Waals surface area contributed by atoms with Crippen LogP contribution in [0.25, 0.3) is 0 Å². The second-order valence-corrected chi connectivity index (χ2v) is 2.05. The second-order valence-electron chi connectivity index (χ2n) is 2.05. The molecule has 1 aromatic heterocycles. The van der Waals surface area contributed by atoms with E-state index in [0.717, 1.165) is 0 Å². The van der Waals surface area contributed by atoms with Crippen LogP contribution in [-0.2, 0) is 4.79 Å². The van der Waals surface area contributed by atoms with Crippen LogP contribution in [0.15, 0.2) is 12.3 Å². The molecule has 0 aromatic carbocycles. The first-order chi connectivity index (χ1) is 4.79. The molecule has 2 radical (unpaired) electrons. The largest absolute Gasteiger partial charge is 0.357 e. The van der Waals surface area contributed by atoms with E-state index in [1.807, 2.05) is 0 Å². The van der Waals surface area contributed by atoms with Crippen LogP contribution in [0.5, 0.6) is 0 Å². The Bertz CT molecular complexity index is 321. The first-order valence-electron chi connectivity index (χ1n) is 2.82. The SMILES string of the molecule is O=C1Nc2cc[nH]c2C1=O.[Na].[Na]. The van der Waals surface area contributed by atoms with Gasteiger partial charge in [-0.3, -0.25) is 9.59 Å². The van der Waals surface area contributed by atoms with Crippen molar-refractivity contribution in [1.29, 1.82) is 0 Å². The number of aromatic amines is 1. The van der Waals surface area contributed by atoms with Crippen LogP contribution in [0.3, 0.4) is 0 Å². The molecule has 0 saturated heterocycles. The maximum absolute atomic E-state index is 10.8. The summed E-state index contributed by atoms with van der Waals surface area (Å²) in [4.78, 5) is 24.1. The molecule has 0 bridgehead atoms. The maximum Gasteiger partial charge on any atom is 0.298 e. The summed E-state index contributed by atoms with van der Waals surface area (Å²) in [7, 11) is 0. The van der Waals surface area contributed by atoms with E-state index >= 15 is 0 Å². The molecule has 0 aliphatic carbocycles. The first kappa shape index (κ1) is 12.4. The average Bonchev–Trinajstić information content (AvgIpc) is 2.41. The monoisotopic (exact) mass is 182 g/mol. The minimum absolute atomic E-state index is 0. The predicted octanol–water partition coefficient (Wildman–Crippen LogP) is -0.612. The maximum atomic E-state index is 10.8. The molecule has 1 aliphatic heterocycles. The summed E-state index contributed by atoms with van der Waals surface area (Å²) in [6.07, 6.45) is 1.61. The molecule has 2 rings (SSSR count). The van der Waals surface area contributed by atoms with Gasteiger partial charge in [0.15, 0.2) is 0 Å². The molecule has 2 heterocycles. The first-order valence-corrected chi connectivity index (χ1v) is 2.82. The molecule has 0 spiro atoms. The summed E-state index contributed by atoms with van der Waals surface area (Å²) >= 11 is 0. The fourth-order valence-electron chi connectivity index (χ4n) is 0.954. The molecule has 12 heavy (non-hydrogen) atoms. The van der Waals surface area contributed by atoms with Crippen molar-refractivity contribution in [3.05, 3.63) is 18.0 Å². The molecule has 2 N–H and O–H groups in total. The number of H-pyrrole nitrogens is 1. The Morgan fingerprint density at radius 3 is 2.42 bits per heavy atom. The van der Waals surface area contributed by atoms with Gasteiger partial charge in [0.25, 0.3) is 11.7 Å². The van der Waals surface area contributed by atoms with Crippen molar-refractivity contribution in [2.24, 2.45) is 0 Å². The van der Waals surface area contributed by atoms with E-state index in [1.165, 1.54) is 0 Å². The quantitative estimate of drug-likeness (QED) is 0.415. The number of carbonyl (C=O) groups excluding carboxylic acids is 2. The third-order valence-corrected chi connectivity index (χ3v) is 1.43. The van der Waals surface area contributed by atoms with Crippen molar-refractivity contribution < 1.29 is 9.59 Å². The van der Waals surface area contributed by atoms with Gasteiger partial charge in [-0.25, -0.2) is 0 Å². The molecule has 1 aromatic rings. The number of fused-ring (bicyclic) bond motifs is 1. The minimum atomic E-state index is -0.554.